The van der Waals surface area contributed by atoms with Gasteiger partial charge in [-0.25, -0.2) is 0 Å². The van der Waals surface area contributed by atoms with Gasteiger partial charge in [0, 0.05) is 17.6 Å². The van der Waals surface area contributed by atoms with E-state index in [1.807, 2.05) is 5.38 Å². The number of carbonyl (C=O) groups excluding carboxylic acids is 1. The van der Waals surface area contributed by atoms with Crippen molar-refractivity contribution in [2.45, 2.75) is 6.42 Å². The first-order valence-electron chi connectivity index (χ1n) is 6.31. The number of nitrogens with two attached hydrogens (primary N) is 1. The molecular weight excluding hydrogens is 272 g/mol. The van der Waals surface area contributed by atoms with Crippen LogP contribution in [0.1, 0.15) is 16.1 Å². The first-order valence-corrected chi connectivity index (χ1v) is 7.25. The van der Waals surface area contributed by atoms with Crippen LogP contribution < -0.4 is 11.1 Å². The summed E-state index contributed by atoms with van der Waals surface area (Å²) in [4.78, 5) is 12.0. The number of nitrogen functional groups attached to an aromatic ring is 1. The number of hydrogen-bond donors (Lipinski definition) is 2. The standard InChI is InChI=1S/C15H14N2O2S/c16-12-1-2-13-11(7-12)8-14(19-13)15(18)17-5-3-10-4-6-20-9-10/h1-2,4,6-9H,3,5,16H2,(H,17,18). The second-order valence-electron chi connectivity index (χ2n) is 4.55. The zero-order valence-electron chi connectivity index (χ0n) is 10.8. The van der Waals surface area contributed by atoms with Crippen LogP contribution in [0.4, 0.5) is 5.69 Å². The van der Waals surface area contributed by atoms with Crippen LogP contribution in [0.2, 0.25) is 0 Å². The molecule has 0 radical (unpaired) electrons. The predicted molar refractivity (Wildman–Crippen MR) is 81.0 cm³/mol. The molecule has 0 aliphatic rings. The second kappa shape index (κ2) is 5.38. The molecule has 4 nitrogen and oxygen atoms in total. The topological polar surface area (TPSA) is 68.3 Å². The number of benzene rings is 1. The molecule has 0 saturated heterocycles. The monoisotopic (exact) mass is 286 g/mol. The second-order valence-corrected chi connectivity index (χ2v) is 5.33. The Morgan fingerprint density at radius 2 is 2.20 bits per heavy atom. The Labute approximate surface area is 120 Å². The molecule has 0 aliphatic carbocycles. The molecule has 0 fully saturated rings. The number of thiophene rings is 1. The lowest BCUT2D eigenvalue weighted by molar-refractivity contribution is 0.0928. The lowest BCUT2D eigenvalue weighted by atomic mass is 10.2. The van der Waals surface area contributed by atoms with E-state index in [4.69, 9.17) is 10.2 Å². The first-order chi connectivity index (χ1) is 9.72. The minimum atomic E-state index is -0.199. The van der Waals surface area contributed by atoms with Gasteiger partial charge < -0.3 is 15.5 Å². The molecule has 0 bridgehead atoms. The third kappa shape index (κ3) is 2.67. The molecule has 3 aromatic rings. The van der Waals surface area contributed by atoms with Crippen molar-refractivity contribution in [3.05, 3.63) is 52.4 Å². The van der Waals surface area contributed by atoms with Crippen LogP contribution in [0.25, 0.3) is 11.0 Å². The van der Waals surface area contributed by atoms with Crippen LogP contribution in [-0.2, 0) is 6.42 Å². The quantitative estimate of drug-likeness (QED) is 0.724. The number of fused-ring (bicyclic) bond motifs is 1. The number of carbonyl (C=O) groups is 1. The van der Waals surface area contributed by atoms with Gasteiger partial charge >= 0.3 is 0 Å². The maximum atomic E-state index is 12.0. The zero-order chi connectivity index (χ0) is 13.9. The Balaban J connectivity index is 1.66. The molecule has 0 saturated carbocycles. The summed E-state index contributed by atoms with van der Waals surface area (Å²) in [7, 11) is 0. The molecular formula is C15H14N2O2S. The van der Waals surface area contributed by atoms with Crippen molar-refractivity contribution in [1.29, 1.82) is 0 Å². The maximum absolute atomic E-state index is 12.0. The smallest absolute Gasteiger partial charge is 0.287 e. The number of furan rings is 1. The van der Waals surface area contributed by atoms with Gasteiger partial charge in [0.1, 0.15) is 5.58 Å². The Morgan fingerprint density at radius 3 is 3.00 bits per heavy atom. The van der Waals surface area contributed by atoms with Crippen molar-refractivity contribution < 1.29 is 9.21 Å². The normalized spacial score (nSPS) is 10.8. The van der Waals surface area contributed by atoms with E-state index in [0.717, 1.165) is 11.8 Å². The van der Waals surface area contributed by atoms with E-state index in [1.165, 1.54) is 5.56 Å². The van der Waals surface area contributed by atoms with Crippen molar-refractivity contribution in [3.63, 3.8) is 0 Å². The third-order valence-corrected chi connectivity index (χ3v) is 3.78. The van der Waals surface area contributed by atoms with Crippen LogP contribution in [-0.4, -0.2) is 12.5 Å². The molecule has 2 aromatic heterocycles. The molecule has 0 atom stereocenters. The van der Waals surface area contributed by atoms with E-state index in [2.05, 4.69) is 16.8 Å². The van der Waals surface area contributed by atoms with Gasteiger partial charge in [0.2, 0.25) is 0 Å². The molecule has 20 heavy (non-hydrogen) atoms. The van der Waals surface area contributed by atoms with Crippen molar-refractivity contribution in [3.8, 4) is 0 Å². The van der Waals surface area contributed by atoms with Crippen molar-refractivity contribution in [2.75, 3.05) is 12.3 Å². The van der Waals surface area contributed by atoms with Gasteiger partial charge in [-0.05, 0) is 53.1 Å². The number of anilines is 1. The van der Waals surface area contributed by atoms with Crippen molar-refractivity contribution >= 4 is 33.9 Å². The molecule has 3 rings (SSSR count). The molecule has 3 N–H and O–H groups in total. The van der Waals surface area contributed by atoms with Crippen molar-refractivity contribution in [1.82, 2.24) is 5.32 Å². The van der Waals surface area contributed by atoms with Crippen LogP contribution in [0.5, 0.6) is 0 Å². The summed E-state index contributed by atoms with van der Waals surface area (Å²) in [5, 5.41) is 7.80. The van der Waals surface area contributed by atoms with E-state index < -0.39 is 0 Å². The highest BCUT2D eigenvalue weighted by molar-refractivity contribution is 7.07. The Morgan fingerprint density at radius 1 is 1.30 bits per heavy atom. The number of rotatable bonds is 4. The average Bonchev–Trinajstić information content (AvgIpc) is 3.06. The summed E-state index contributed by atoms with van der Waals surface area (Å²) >= 11 is 1.66. The summed E-state index contributed by atoms with van der Waals surface area (Å²) in [5.41, 5.74) is 8.26. The van der Waals surface area contributed by atoms with Gasteiger partial charge in [-0.1, -0.05) is 0 Å². The van der Waals surface area contributed by atoms with Crippen LogP contribution in [0, 0.1) is 0 Å². The molecule has 1 amide bonds. The van der Waals surface area contributed by atoms with Crippen LogP contribution in [0.3, 0.4) is 0 Å². The van der Waals surface area contributed by atoms with Gasteiger partial charge in [-0.15, -0.1) is 0 Å². The van der Waals surface area contributed by atoms with E-state index in [-0.39, 0.29) is 5.91 Å². The van der Waals surface area contributed by atoms with Gasteiger partial charge in [0.25, 0.3) is 5.91 Å². The van der Waals surface area contributed by atoms with Crippen LogP contribution >= 0.6 is 11.3 Å². The highest BCUT2D eigenvalue weighted by Crippen LogP contribution is 2.21. The highest BCUT2D eigenvalue weighted by Gasteiger charge is 2.11. The Hall–Kier alpha value is -2.27. The Bertz CT molecular complexity index is 732. The zero-order valence-corrected chi connectivity index (χ0v) is 11.6. The largest absolute Gasteiger partial charge is 0.451 e. The number of nitrogens with one attached hydrogen (secondary N) is 1. The molecule has 102 valence electrons. The van der Waals surface area contributed by atoms with Crippen molar-refractivity contribution in [2.24, 2.45) is 0 Å². The fraction of sp³-hybridized carbons (Fsp3) is 0.133. The molecule has 1 aromatic carbocycles. The van der Waals surface area contributed by atoms with E-state index in [9.17, 15) is 4.79 Å². The first kappa shape index (κ1) is 12.7. The van der Waals surface area contributed by atoms with Gasteiger partial charge in [0.15, 0.2) is 5.76 Å². The fourth-order valence-electron chi connectivity index (χ4n) is 2.02. The minimum absolute atomic E-state index is 0.199. The minimum Gasteiger partial charge on any atom is -0.451 e. The van der Waals surface area contributed by atoms with Gasteiger partial charge in [-0.2, -0.15) is 11.3 Å². The molecule has 0 unspecified atom stereocenters. The van der Waals surface area contributed by atoms with Crippen LogP contribution in [0.15, 0.2) is 45.5 Å². The summed E-state index contributed by atoms with van der Waals surface area (Å²) < 4.78 is 5.51. The fourth-order valence-corrected chi connectivity index (χ4v) is 2.72. The molecule has 5 heteroatoms. The molecule has 0 spiro atoms. The number of hydrogen-bond acceptors (Lipinski definition) is 4. The predicted octanol–water partition coefficient (Wildman–Crippen LogP) is 3.05. The lowest BCUT2D eigenvalue weighted by Gasteiger charge is -2.01. The lowest BCUT2D eigenvalue weighted by Crippen LogP contribution is -2.25. The summed E-state index contributed by atoms with van der Waals surface area (Å²) in [6, 6.07) is 9.09. The maximum Gasteiger partial charge on any atom is 0.287 e. The molecule has 0 aliphatic heterocycles. The van der Waals surface area contributed by atoms with Gasteiger partial charge in [0.05, 0.1) is 0 Å². The number of amides is 1. The SMILES string of the molecule is Nc1ccc2oc(C(=O)NCCc3ccsc3)cc2c1. The highest BCUT2D eigenvalue weighted by atomic mass is 32.1. The summed E-state index contributed by atoms with van der Waals surface area (Å²) in [6.45, 7) is 0.592. The summed E-state index contributed by atoms with van der Waals surface area (Å²) in [5.74, 6) is 0.117. The van der Waals surface area contributed by atoms with Gasteiger partial charge in [-0.3, -0.25) is 4.79 Å². The third-order valence-electron chi connectivity index (χ3n) is 3.04. The molecule has 2 heterocycles. The van der Waals surface area contributed by atoms with E-state index in [0.29, 0.717) is 23.6 Å². The summed E-state index contributed by atoms with van der Waals surface area (Å²) in [6.07, 6.45) is 0.822. The Kier molecular flexibility index (Phi) is 3.43. The average molecular weight is 286 g/mol. The van der Waals surface area contributed by atoms with E-state index in [1.54, 1.807) is 35.6 Å². The van der Waals surface area contributed by atoms with E-state index >= 15 is 0 Å².